The summed E-state index contributed by atoms with van der Waals surface area (Å²) in [6, 6.07) is 15.9. The van der Waals surface area contributed by atoms with Crippen molar-refractivity contribution in [1.29, 1.82) is 0 Å². The zero-order valence-corrected chi connectivity index (χ0v) is 19.3. The molecule has 1 saturated carbocycles. The van der Waals surface area contributed by atoms with E-state index in [4.69, 9.17) is 4.74 Å². The first-order chi connectivity index (χ1) is 17.1. The summed E-state index contributed by atoms with van der Waals surface area (Å²) < 4.78 is 9.55. The molecule has 0 spiro atoms. The first kappa shape index (κ1) is 22.8. The van der Waals surface area contributed by atoms with Crippen LogP contribution in [0, 0.1) is 11.8 Å². The van der Waals surface area contributed by atoms with Crippen molar-refractivity contribution in [2.75, 3.05) is 6.61 Å². The zero-order chi connectivity index (χ0) is 24.2. The molecule has 2 atom stereocenters. The van der Waals surface area contributed by atoms with Gasteiger partial charge in [0.15, 0.2) is 0 Å². The largest absolute Gasteiger partial charge is 0.490 e. The molecule has 9 heteroatoms. The van der Waals surface area contributed by atoms with E-state index in [1.807, 2.05) is 48.5 Å². The van der Waals surface area contributed by atoms with E-state index in [-0.39, 0.29) is 12.7 Å². The van der Waals surface area contributed by atoms with Crippen molar-refractivity contribution in [1.82, 2.24) is 29.8 Å². The predicted octanol–water partition coefficient (Wildman–Crippen LogP) is 2.96. The molecule has 0 amide bonds. The molecule has 0 radical (unpaired) electrons. The molecule has 2 aromatic heterocycles. The molecule has 1 fully saturated rings. The van der Waals surface area contributed by atoms with Gasteiger partial charge in [0.1, 0.15) is 36.2 Å². The monoisotopic (exact) mass is 470 g/mol. The third-order valence-corrected chi connectivity index (χ3v) is 6.15. The highest BCUT2D eigenvalue weighted by atomic mass is 16.5. The van der Waals surface area contributed by atoms with Crippen LogP contribution in [0.15, 0.2) is 67.3 Å². The molecule has 2 heterocycles. The molecular weight excluding hydrogens is 444 g/mol. The first-order valence-electron chi connectivity index (χ1n) is 11.5. The smallest absolute Gasteiger partial charge is 0.138 e. The van der Waals surface area contributed by atoms with Gasteiger partial charge in [0.05, 0.1) is 12.6 Å². The third kappa shape index (κ3) is 5.09. The van der Waals surface area contributed by atoms with E-state index in [2.05, 4.69) is 32.4 Å². The van der Waals surface area contributed by atoms with Crippen molar-refractivity contribution in [2.45, 2.75) is 44.1 Å². The lowest BCUT2D eigenvalue weighted by atomic mass is 9.89. The fourth-order valence-electron chi connectivity index (χ4n) is 4.13. The Labute approximate surface area is 203 Å². The molecule has 2 N–H and O–H groups in total. The minimum atomic E-state index is -0.736. The second kappa shape index (κ2) is 10.1. The average molecular weight is 471 g/mol. The number of nitrogens with zero attached hydrogens (tertiary/aromatic N) is 6. The molecule has 9 nitrogen and oxygen atoms in total. The van der Waals surface area contributed by atoms with Gasteiger partial charge in [-0.1, -0.05) is 36.1 Å². The number of aromatic nitrogens is 6. The van der Waals surface area contributed by atoms with Crippen molar-refractivity contribution >= 4 is 0 Å². The maximum Gasteiger partial charge on any atom is 0.138 e. The molecule has 1 aliphatic rings. The fraction of sp³-hybridized carbons (Fsp3) is 0.308. The first-order valence-corrected chi connectivity index (χ1v) is 11.5. The number of hydrogen-bond donors (Lipinski definition) is 2. The van der Waals surface area contributed by atoms with Crippen LogP contribution in [0.2, 0.25) is 0 Å². The van der Waals surface area contributed by atoms with Crippen LogP contribution in [0.5, 0.6) is 5.75 Å². The molecule has 0 bridgehead atoms. The van der Waals surface area contributed by atoms with E-state index in [9.17, 15) is 10.2 Å². The van der Waals surface area contributed by atoms with Crippen LogP contribution in [-0.2, 0) is 0 Å². The Morgan fingerprint density at radius 2 is 1.80 bits per heavy atom. The predicted molar refractivity (Wildman–Crippen MR) is 128 cm³/mol. The highest BCUT2D eigenvalue weighted by Gasteiger charge is 2.33. The van der Waals surface area contributed by atoms with Crippen LogP contribution in [0.3, 0.4) is 0 Å². The molecule has 178 valence electrons. The summed E-state index contributed by atoms with van der Waals surface area (Å²) in [5, 5.41) is 30.9. The Hall–Kier alpha value is -4.00. The molecule has 35 heavy (non-hydrogen) atoms. The Kier molecular flexibility index (Phi) is 6.57. The summed E-state index contributed by atoms with van der Waals surface area (Å²) in [4.78, 5) is 4.15. The van der Waals surface area contributed by atoms with Crippen LogP contribution < -0.4 is 4.74 Å². The lowest BCUT2D eigenvalue weighted by Gasteiger charge is -2.34. The minimum absolute atomic E-state index is 0.172. The van der Waals surface area contributed by atoms with Crippen molar-refractivity contribution < 1.29 is 14.9 Å². The van der Waals surface area contributed by atoms with Gasteiger partial charge in [0.2, 0.25) is 0 Å². The van der Waals surface area contributed by atoms with Crippen LogP contribution in [0.25, 0.3) is 11.1 Å². The molecular formula is C26H26N6O3. The zero-order valence-electron chi connectivity index (χ0n) is 19.3. The van der Waals surface area contributed by atoms with Gasteiger partial charge in [0, 0.05) is 30.8 Å². The van der Waals surface area contributed by atoms with Crippen molar-refractivity contribution in [3.05, 3.63) is 78.6 Å². The minimum Gasteiger partial charge on any atom is -0.490 e. The van der Waals surface area contributed by atoms with Gasteiger partial charge in [-0.3, -0.25) is 0 Å². The number of imidazole rings is 1. The molecule has 1 aliphatic carbocycles. The van der Waals surface area contributed by atoms with E-state index >= 15 is 0 Å². The van der Waals surface area contributed by atoms with E-state index in [0.717, 1.165) is 35.3 Å². The van der Waals surface area contributed by atoms with Crippen LogP contribution in [0.1, 0.15) is 49.3 Å². The molecule has 2 aromatic carbocycles. The van der Waals surface area contributed by atoms with Crippen LogP contribution >= 0.6 is 0 Å². The fourth-order valence-corrected chi connectivity index (χ4v) is 4.13. The average Bonchev–Trinajstić information content (AvgIpc) is 3.55. The van der Waals surface area contributed by atoms with Gasteiger partial charge in [0.25, 0.3) is 0 Å². The maximum atomic E-state index is 9.86. The third-order valence-electron chi connectivity index (χ3n) is 6.15. The topological polar surface area (TPSA) is 111 Å². The van der Waals surface area contributed by atoms with Gasteiger partial charge >= 0.3 is 0 Å². The van der Waals surface area contributed by atoms with Crippen LogP contribution in [0.4, 0.5) is 0 Å². The van der Waals surface area contributed by atoms with Crippen molar-refractivity contribution in [2.24, 2.45) is 0 Å². The summed E-state index contributed by atoms with van der Waals surface area (Å²) in [5.41, 5.74) is 3.01. The van der Waals surface area contributed by atoms with Gasteiger partial charge < -0.3 is 19.5 Å². The highest BCUT2D eigenvalue weighted by Crippen LogP contribution is 2.35. The van der Waals surface area contributed by atoms with Crippen molar-refractivity contribution in [3.8, 4) is 28.7 Å². The molecule has 0 unspecified atom stereocenters. The van der Waals surface area contributed by atoms with Crippen LogP contribution in [-0.4, -0.2) is 52.7 Å². The summed E-state index contributed by atoms with van der Waals surface area (Å²) >= 11 is 0. The Balaban J connectivity index is 1.20. The lowest BCUT2D eigenvalue weighted by Crippen LogP contribution is -2.35. The number of ether oxygens (including phenoxy) is 1. The second-order valence-corrected chi connectivity index (χ2v) is 8.59. The summed E-state index contributed by atoms with van der Waals surface area (Å²) in [6.07, 6.45) is 6.18. The number of hydrogen-bond acceptors (Lipinski definition) is 7. The van der Waals surface area contributed by atoms with Gasteiger partial charge in [-0.15, -0.1) is 5.10 Å². The summed E-state index contributed by atoms with van der Waals surface area (Å²) in [6.45, 7) is 1.47. The number of benzene rings is 2. The maximum absolute atomic E-state index is 9.86. The normalized spacial score (nSPS) is 18.7. The van der Waals surface area contributed by atoms with E-state index in [1.165, 1.54) is 0 Å². The number of aliphatic hydroxyl groups excluding tert-OH is 2. The van der Waals surface area contributed by atoms with E-state index in [0.29, 0.717) is 11.9 Å². The Morgan fingerprint density at radius 1 is 1.09 bits per heavy atom. The lowest BCUT2D eigenvalue weighted by molar-refractivity contribution is 0.0637. The van der Waals surface area contributed by atoms with Gasteiger partial charge in [-0.2, -0.15) is 0 Å². The Bertz CT molecular complexity index is 1300. The Morgan fingerprint density at radius 3 is 2.43 bits per heavy atom. The molecule has 0 saturated heterocycles. The summed E-state index contributed by atoms with van der Waals surface area (Å²) in [7, 11) is 0. The number of aliphatic hydroxyl groups is 2. The van der Waals surface area contributed by atoms with Crippen molar-refractivity contribution in [3.63, 3.8) is 0 Å². The molecule has 5 rings (SSSR count). The van der Waals surface area contributed by atoms with Gasteiger partial charge in [-0.05, 0) is 52.7 Å². The van der Waals surface area contributed by atoms with E-state index < -0.39 is 12.1 Å². The molecule has 0 aliphatic heterocycles. The van der Waals surface area contributed by atoms with Gasteiger partial charge in [-0.25, -0.2) is 9.67 Å². The summed E-state index contributed by atoms with van der Waals surface area (Å²) in [5.74, 6) is 7.51. The van der Waals surface area contributed by atoms with E-state index in [1.54, 1.807) is 34.9 Å². The highest BCUT2D eigenvalue weighted by molar-refractivity contribution is 5.65. The number of tetrazole rings is 1. The second-order valence-electron chi connectivity index (χ2n) is 8.59. The SMILES string of the molecule is C[C@H](O)c1nccn1[C@@H](C#Cc1ccc(-c2ccc(OC3CC(n4cnnn4)C3)cc2)cc1)CO. The quantitative estimate of drug-likeness (QED) is 0.400. The molecule has 4 aromatic rings. The standard InChI is InChI=1S/C26H26N6O3/c1-18(34)26-27-12-13-31(26)22(16-33)9-4-19-2-5-20(6-3-19)21-7-10-24(11-8-21)35-25-14-23(15-25)32-17-28-29-30-32/h2-3,5-8,10-13,17-18,22-23,25,33-34H,14-16H2,1H3/t18-,22-,23?,25?/m0/s1. The number of rotatable bonds is 7.